The zero-order valence-electron chi connectivity index (χ0n) is 16.5. The molecule has 0 amide bonds. The molecule has 0 fully saturated rings. The van der Waals surface area contributed by atoms with Crippen LogP contribution in [0.3, 0.4) is 0 Å². The predicted molar refractivity (Wildman–Crippen MR) is 105 cm³/mol. The van der Waals surface area contributed by atoms with Crippen molar-refractivity contribution in [2.24, 2.45) is 0 Å². The van der Waals surface area contributed by atoms with Gasteiger partial charge in [-0.25, -0.2) is 0 Å². The number of esters is 1. The second kappa shape index (κ2) is 23.7. The highest BCUT2D eigenvalue weighted by Gasteiger charge is 1.99. The van der Waals surface area contributed by atoms with Crippen LogP contribution in [-0.2, 0) is 38.0 Å². The van der Waals surface area contributed by atoms with Gasteiger partial charge in [0.15, 0.2) is 0 Å². The molecule has 0 aromatic rings. The van der Waals surface area contributed by atoms with Gasteiger partial charge in [0.25, 0.3) is 0 Å². The van der Waals surface area contributed by atoms with Gasteiger partial charge >= 0.3 is 5.97 Å². The monoisotopic (exact) mass is 458 g/mol. The van der Waals surface area contributed by atoms with Crippen LogP contribution in [0.15, 0.2) is 0 Å². The number of carbonyl (C=O) groups is 1. The van der Waals surface area contributed by atoms with Crippen LogP contribution in [0.25, 0.3) is 0 Å². The minimum Gasteiger partial charge on any atom is -0.463 e. The van der Waals surface area contributed by atoms with Gasteiger partial charge in [-0.15, -0.1) is 0 Å². The van der Waals surface area contributed by atoms with Crippen molar-refractivity contribution < 1.29 is 38.0 Å². The lowest BCUT2D eigenvalue weighted by Gasteiger charge is -2.08. The Kier molecular flexibility index (Phi) is 23.5. The van der Waals surface area contributed by atoms with Crippen LogP contribution in [-0.4, -0.2) is 97.2 Å². The van der Waals surface area contributed by atoms with E-state index in [9.17, 15) is 4.79 Å². The van der Waals surface area contributed by atoms with Crippen LogP contribution in [0, 0.1) is 0 Å². The summed E-state index contributed by atoms with van der Waals surface area (Å²) in [4.78, 5) is 11.1. The normalized spacial score (nSPS) is 11.0. The first kappa shape index (κ1) is 26.7. The molecule has 9 heteroatoms. The Morgan fingerprint density at radius 3 is 1.26 bits per heavy atom. The summed E-state index contributed by atoms with van der Waals surface area (Å²) in [5.41, 5.74) is 0. The molecule has 0 aliphatic carbocycles. The summed E-state index contributed by atoms with van der Waals surface area (Å²) in [6.45, 7) is 8.63. The van der Waals surface area contributed by atoms with Crippen molar-refractivity contribution >= 4 is 21.9 Å². The molecule has 0 aliphatic heterocycles. The van der Waals surface area contributed by atoms with Crippen molar-refractivity contribution in [1.82, 2.24) is 0 Å². The number of alkyl halides is 1. The third-order valence-corrected chi connectivity index (χ3v) is 3.35. The Labute approximate surface area is 171 Å². The number of ether oxygens (including phenoxy) is 7. The number of rotatable bonds is 22. The van der Waals surface area contributed by atoms with Crippen molar-refractivity contribution in [3.05, 3.63) is 0 Å². The van der Waals surface area contributed by atoms with E-state index in [0.29, 0.717) is 85.7 Å². The molecule has 0 aromatic carbocycles. The molecule has 27 heavy (non-hydrogen) atoms. The summed E-state index contributed by atoms with van der Waals surface area (Å²) in [5, 5.41) is 0.840. The molecule has 0 spiro atoms. The summed E-state index contributed by atoms with van der Waals surface area (Å²) < 4.78 is 37.0. The van der Waals surface area contributed by atoms with Crippen LogP contribution in [0.4, 0.5) is 0 Å². The number of hydrogen-bond acceptors (Lipinski definition) is 8. The molecular formula is C18H35BrO8. The zero-order valence-corrected chi connectivity index (χ0v) is 18.0. The van der Waals surface area contributed by atoms with Gasteiger partial charge in [-0.1, -0.05) is 22.9 Å². The average Bonchev–Trinajstić information content (AvgIpc) is 2.66. The molecule has 0 N–H and O–H groups in total. The van der Waals surface area contributed by atoms with E-state index in [-0.39, 0.29) is 12.6 Å². The molecule has 0 unspecified atom stereocenters. The quantitative estimate of drug-likeness (QED) is 0.138. The van der Waals surface area contributed by atoms with Gasteiger partial charge in [0.2, 0.25) is 0 Å². The van der Waals surface area contributed by atoms with E-state index in [2.05, 4.69) is 15.9 Å². The Morgan fingerprint density at radius 1 is 0.593 bits per heavy atom. The molecule has 0 radical (unpaired) electrons. The SMILES string of the molecule is CCCC(=O)OCCOCCOCCOCCOCCOCCOCCBr. The summed E-state index contributed by atoms with van der Waals surface area (Å²) in [6.07, 6.45) is 1.25. The van der Waals surface area contributed by atoms with Crippen LogP contribution in [0.2, 0.25) is 0 Å². The zero-order chi connectivity index (χ0) is 19.8. The Hall–Kier alpha value is -0.290. The van der Waals surface area contributed by atoms with Gasteiger partial charge in [0.1, 0.15) is 6.61 Å². The van der Waals surface area contributed by atoms with Gasteiger partial charge < -0.3 is 33.2 Å². The molecule has 0 rings (SSSR count). The van der Waals surface area contributed by atoms with Gasteiger partial charge in [-0.3, -0.25) is 4.79 Å². The lowest BCUT2D eigenvalue weighted by Crippen LogP contribution is -2.15. The van der Waals surface area contributed by atoms with Crippen LogP contribution in [0.5, 0.6) is 0 Å². The molecule has 0 bridgehead atoms. The van der Waals surface area contributed by atoms with E-state index in [1.807, 2.05) is 6.92 Å². The Bertz CT molecular complexity index is 307. The third kappa shape index (κ3) is 23.7. The minimum atomic E-state index is -0.179. The fourth-order valence-corrected chi connectivity index (χ4v) is 1.98. The maximum atomic E-state index is 11.1. The van der Waals surface area contributed by atoms with E-state index in [1.165, 1.54) is 0 Å². The molecule has 0 heterocycles. The van der Waals surface area contributed by atoms with E-state index >= 15 is 0 Å². The number of halogens is 1. The van der Waals surface area contributed by atoms with E-state index in [0.717, 1.165) is 11.8 Å². The maximum absolute atomic E-state index is 11.1. The molecule has 0 aromatic heterocycles. The lowest BCUT2D eigenvalue weighted by molar-refractivity contribution is -0.145. The Balaban J connectivity index is 3.02. The summed E-state index contributed by atoms with van der Waals surface area (Å²) in [7, 11) is 0. The highest BCUT2D eigenvalue weighted by molar-refractivity contribution is 9.09. The van der Waals surface area contributed by atoms with E-state index < -0.39 is 0 Å². The number of carbonyl (C=O) groups excluding carboxylic acids is 1. The van der Waals surface area contributed by atoms with Crippen molar-refractivity contribution in [3.63, 3.8) is 0 Å². The van der Waals surface area contributed by atoms with E-state index in [4.69, 9.17) is 33.2 Å². The standard InChI is InChI=1S/C18H35BrO8/c1-2-3-18(20)27-17-16-26-15-14-25-13-12-24-11-10-23-9-8-22-7-6-21-5-4-19/h2-17H2,1H3. The minimum absolute atomic E-state index is 0.179. The fraction of sp³-hybridized carbons (Fsp3) is 0.944. The fourth-order valence-electron chi connectivity index (χ4n) is 1.75. The second-order valence-electron chi connectivity index (χ2n) is 5.33. The molecule has 0 aliphatic rings. The molecule has 8 nitrogen and oxygen atoms in total. The average molecular weight is 459 g/mol. The van der Waals surface area contributed by atoms with Crippen molar-refractivity contribution in [1.29, 1.82) is 0 Å². The highest BCUT2D eigenvalue weighted by Crippen LogP contribution is 1.91. The van der Waals surface area contributed by atoms with Crippen LogP contribution >= 0.6 is 15.9 Å². The topological polar surface area (TPSA) is 81.7 Å². The van der Waals surface area contributed by atoms with Gasteiger partial charge in [0.05, 0.1) is 79.3 Å². The largest absolute Gasteiger partial charge is 0.463 e. The van der Waals surface area contributed by atoms with Crippen molar-refractivity contribution in [3.8, 4) is 0 Å². The van der Waals surface area contributed by atoms with Gasteiger partial charge in [-0.05, 0) is 6.42 Å². The first-order chi connectivity index (χ1) is 13.3. The smallest absolute Gasteiger partial charge is 0.305 e. The highest BCUT2D eigenvalue weighted by atomic mass is 79.9. The van der Waals surface area contributed by atoms with Crippen LogP contribution in [0.1, 0.15) is 19.8 Å². The maximum Gasteiger partial charge on any atom is 0.305 e. The summed E-state index contributed by atoms with van der Waals surface area (Å²) >= 11 is 3.29. The summed E-state index contributed by atoms with van der Waals surface area (Å²) in [6, 6.07) is 0. The summed E-state index contributed by atoms with van der Waals surface area (Å²) in [5.74, 6) is -0.179. The van der Waals surface area contributed by atoms with Gasteiger partial charge in [0, 0.05) is 11.8 Å². The van der Waals surface area contributed by atoms with E-state index in [1.54, 1.807) is 0 Å². The second-order valence-corrected chi connectivity index (χ2v) is 6.13. The molecule has 0 atom stereocenters. The van der Waals surface area contributed by atoms with Crippen molar-refractivity contribution in [2.45, 2.75) is 19.8 Å². The molecule has 0 saturated carbocycles. The first-order valence-corrected chi connectivity index (χ1v) is 10.6. The van der Waals surface area contributed by atoms with Crippen molar-refractivity contribution in [2.75, 3.05) is 91.2 Å². The molecular weight excluding hydrogens is 424 g/mol. The predicted octanol–water partition coefficient (Wildman–Crippen LogP) is 1.82. The third-order valence-electron chi connectivity index (χ3n) is 3.03. The Morgan fingerprint density at radius 2 is 0.926 bits per heavy atom. The first-order valence-electron chi connectivity index (χ1n) is 9.49. The molecule has 162 valence electrons. The van der Waals surface area contributed by atoms with Gasteiger partial charge in [-0.2, -0.15) is 0 Å². The van der Waals surface area contributed by atoms with Crippen LogP contribution < -0.4 is 0 Å². The number of hydrogen-bond donors (Lipinski definition) is 0. The lowest BCUT2D eigenvalue weighted by atomic mass is 10.3. The molecule has 0 saturated heterocycles.